The summed E-state index contributed by atoms with van der Waals surface area (Å²) in [6.07, 6.45) is 3.82. The van der Waals surface area contributed by atoms with Crippen LogP contribution in [0, 0.1) is 5.92 Å². The first-order valence-corrected chi connectivity index (χ1v) is 8.64. The van der Waals surface area contributed by atoms with Crippen LogP contribution in [0.2, 0.25) is 0 Å². The molecule has 1 aliphatic rings. The molecule has 0 spiro atoms. The highest BCUT2D eigenvalue weighted by Gasteiger charge is 2.20. The smallest absolute Gasteiger partial charge is 0.123 e. The molecule has 1 aromatic carbocycles. The van der Waals surface area contributed by atoms with Gasteiger partial charge in [-0.2, -0.15) is 0 Å². The number of piperidine rings is 1. The number of hydrogen-bond acceptors (Lipinski definition) is 4. The third-order valence-electron chi connectivity index (χ3n) is 4.57. The van der Waals surface area contributed by atoms with Crippen molar-refractivity contribution in [2.24, 2.45) is 5.92 Å². The Bertz CT molecular complexity index is 476. The molecule has 130 valence electrons. The van der Waals surface area contributed by atoms with Crippen LogP contribution in [-0.4, -0.2) is 57.8 Å². The SMILES string of the molecule is COCC[C@@H]1CCCN(Cc2ccc(OC)c(CN(C)C)c2)C1. The van der Waals surface area contributed by atoms with Crippen molar-refractivity contribution in [1.29, 1.82) is 0 Å². The fourth-order valence-electron chi connectivity index (χ4n) is 3.47. The molecule has 1 fully saturated rings. The van der Waals surface area contributed by atoms with Crippen molar-refractivity contribution in [1.82, 2.24) is 9.80 Å². The normalized spacial score (nSPS) is 19.3. The maximum absolute atomic E-state index is 5.50. The minimum Gasteiger partial charge on any atom is -0.496 e. The second-order valence-electron chi connectivity index (χ2n) is 6.91. The summed E-state index contributed by atoms with van der Waals surface area (Å²) in [6, 6.07) is 6.62. The topological polar surface area (TPSA) is 24.9 Å². The van der Waals surface area contributed by atoms with Crippen LogP contribution in [0.15, 0.2) is 18.2 Å². The van der Waals surface area contributed by atoms with Crippen LogP contribution in [0.3, 0.4) is 0 Å². The Balaban J connectivity index is 1.98. The van der Waals surface area contributed by atoms with Gasteiger partial charge in [0.1, 0.15) is 5.75 Å². The van der Waals surface area contributed by atoms with Crippen LogP contribution in [0.4, 0.5) is 0 Å². The summed E-state index contributed by atoms with van der Waals surface area (Å²) < 4.78 is 10.7. The molecule has 0 bridgehead atoms. The van der Waals surface area contributed by atoms with Crippen LogP contribution >= 0.6 is 0 Å². The van der Waals surface area contributed by atoms with Gasteiger partial charge in [-0.05, 0) is 63.5 Å². The lowest BCUT2D eigenvalue weighted by Gasteiger charge is -2.32. The minimum absolute atomic E-state index is 0.781. The standard InChI is InChI=1S/C19H32N2O2/c1-20(2)15-18-12-17(7-8-19(18)23-4)14-21-10-5-6-16(13-21)9-11-22-3/h7-8,12,16H,5-6,9-11,13-15H2,1-4H3/t16-/m0/s1. The van der Waals surface area contributed by atoms with E-state index in [-0.39, 0.29) is 0 Å². The molecule has 1 heterocycles. The van der Waals surface area contributed by atoms with Gasteiger partial charge in [-0.1, -0.05) is 6.07 Å². The third kappa shape index (κ3) is 5.79. The summed E-state index contributed by atoms with van der Waals surface area (Å²) in [5.41, 5.74) is 2.65. The second kappa shape index (κ2) is 9.26. The summed E-state index contributed by atoms with van der Waals surface area (Å²) in [4.78, 5) is 4.77. The minimum atomic E-state index is 0.781. The molecule has 0 unspecified atom stereocenters. The van der Waals surface area contributed by atoms with Gasteiger partial charge < -0.3 is 14.4 Å². The Hall–Kier alpha value is -1.10. The predicted octanol–water partition coefficient (Wildman–Crippen LogP) is 3.01. The van der Waals surface area contributed by atoms with Crippen molar-refractivity contribution in [3.8, 4) is 5.75 Å². The maximum atomic E-state index is 5.50. The van der Waals surface area contributed by atoms with Crippen LogP contribution in [0.1, 0.15) is 30.4 Å². The summed E-state index contributed by atoms with van der Waals surface area (Å²) in [5, 5.41) is 0. The average molecular weight is 320 g/mol. The highest BCUT2D eigenvalue weighted by Crippen LogP contribution is 2.24. The quantitative estimate of drug-likeness (QED) is 0.735. The van der Waals surface area contributed by atoms with Crippen LogP contribution in [-0.2, 0) is 17.8 Å². The van der Waals surface area contributed by atoms with Gasteiger partial charge >= 0.3 is 0 Å². The molecule has 0 radical (unpaired) electrons. The molecular formula is C19H32N2O2. The summed E-state index contributed by atoms with van der Waals surface area (Å²) in [5.74, 6) is 1.77. The summed E-state index contributed by atoms with van der Waals surface area (Å²) in [6.45, 7) is 5.23. The molecule has 0 amide bonds. The van der Waals surface area contributed by atoms with Crippen LogP contribution in [0.25, 0.3) is 0 Å². The van der Waals surface area contributed by atoms with Crippen molar-refractivity contribution in [2.75, 3.05) is 48.0 Å². The lowest BCUT2D eigenvalue weighted by Crippen LogP contribution is -2.35. The van der Waals surface area contributed by atoms with E-state index >= 15 is 0 Å². The number of benzene rings is 1. The van der Waals surface area contributed by atoms with Gasteiger partial charge in [-0.25, -0.2) is 0 Å². The Morgan fingerprint density at radius 1 is 1.26 bits per heavy atom. The van der Waals surface area contributed by atoms with E-state index in [1.165, 1.54) is 43.5 Å². The average Bonchev–Trinajstić information content (AvgIpc) is 2.53. The number of hydrogen-bond donors (Lipinski definition) is 0. The van der Waals surface area contributed by atoms with E-state index in [0.29, 0.717) is 0 Å². The molecular weight excluding hydrogens is 288 g/mol. The number of methoxy groups -OCH3 is 2. The molecule has 1 aliphatic heterocycles. The summed E-state index contributed by atoms with van der Waals surface area (Å²) in [7, 11) is 7.73. The molecule has 1 aromatic rings. The van der Waals surface area contributed by atoms with Crippen LogP contribution in [0.5, 0.6) is 5.75 Å². The predicted molar refractivity (Wildman–Crippen MR) is 94.9 cm³/mol. The van der Waals surface area contributed by atoms with E-state index in [0.717, 1.165) is 31.4 Å². The Morgan fingerprint density at radius 2 is 2.09 bits per heavy atom. The molecule has 0 N–H and O–H groups in total. The number of nitrogens with zero attached hydrogens (tertiary/aromatic N) is 2. The molecule has 4 nitrogen and oxygen atoms in total. The van der Waals surface area contributed by atoms with E-state index in [4.69, 9.17) is 9.47 Å². The molecule has 1 atom stereocenters. The lowest BCUT2D eigenvalue weighted by atomic mass is 9.94. The number of likely N-dealkylation sites (tertiary alicyclic amines) is 1. The van der Waals surface area contributed by atoms with Crippen molar-refractivity contribution >= 4 is 0 Å². The highest BCUT2D eigenvalue weighted by molar-refractivity contribution is 5.37. The molecule has 0 aromatic heterocycles. The summed E-state index contributed by atoms with van der Waals surface area (Å²) >= 11 is 0. The van der Waals surface area contributed by atoms with E-state index in [2.05, 4.69) is 42.1 Å². The van der Waals surface area contributed by atoms with E-state index in [1.807, 2.05) is 0 Å². The molecule has 0 saturated carbocycles. The van der Waals surface area contributed by atoms with Gasteiger partial charge in [0.25, 0.3) is 0 Å². The Morgan fingerprint density at radius 3 is 2.78 bits per heavy atom. The van der Waals surface area contributed by atoms with Gasteiger partial charge in [0, 0.05) is 38.9 Å². The zero-order chi connectivity index (χ0) is 16.7. The first kappa shape index (κ1) is 18.2. The first-order valence-electron chi connectivity index (χ1n) is 8.64. The Kier molecular flexibility index (Phi) is 7.34. The third-order valence-corrected chi connectivity index (χ3v) is 4.57. The van der Waals surface area contributed by atoms with E-state index in [1.54, 1.807) is 14.2 Å². The lowest BCUT2D eigenvalue weighted by molar-refractivity contribution is 0.123. The van der Waals surface area contributed by atoms with Gasteiger partial charge in [0.2, 0.25) is 0 Å². The number of ether oxygens (including phenoxy) is 2. The van der Waals surface area contributed by atoms with E-state index in [9.17, 15) is 0 Å². The monoisotopic (exact) mass is 320 g/mol. The second-order valence-corrected chi connectivity index (χ2v) is 6.91. The molecule has 0 aliphatic carbocycles. The zero-order valence-corrected chi connectivity index (χ0v) is 15.2. The fraction of sp³-hybridized carbons (Fsp3) is 0.684. The fourth-order valence-corrected chi connectivity index (χ4v) is 3.47. The largest absolute Gasteiger partial charge is 0.496 e. The van der Waals surface area contributed by atoms with Crippen LogP contribution < -0.4 is 4.74 Å². The van der Waals surface area contributed by atoms with Gasteiger partial charge in [0.05, 0.1) is 7.11 Å². The van der Waals surface area contributed by atoms with Crippen molar-refractivity contribution in [3.63, 3.8) is 0 Å². The number of rotatable bonds is 8. The zero-order valence-electron chi connectivity index (χ0n) is 15.2. The van der Waals surface area contributed by atoms with Crippen molar-refractivity contribution in [3.05, 3.63) is 29.3 Å². The highest BCUT2D eigenvalue weighted by atomic mass is 16.5. The van der Waals surface area contributed by atoms with Gasteiger partial charge in [-0.3, -0.25) is 4.90 Å². The maximum Gasteiger partial charge on any atom is 0.123 e. The first-order chi connectivity index (χ1) is 11.1. The van der Waals surface area contributed by atoms with Gasteiger partial charge in [0.15, 0.2) is 0 Å². The Labute approximate surface area is 141 Å². The van der Waals surface area contributed by atoms with Gasteiger partial charge in [-0.15, -0.1) is 0 Å². The molecule has 2 rings (SSSR count). The molecule has 4 heteroatoms. The van der Waals surface area contributed by atoms with Crippen molar-refractivity contribution < 1.29 is 9.47 Å². The van der Waals surface area contributed by atoms with Crippen molar-refractivity contribution in [2.45, 2.75) is 32.4 Å². The molecule has 23 heavy (non-hydrogen) atoms. The molecule has 1 saturated heterocycles. The van der Waals surface area contributed by atoms with E-state index < -0.39 is 0 Å².